The van der Waals surface area contributed by atoms with Gasteiger partial charge >= 0.3 is 6.03 Å². The van der Waals surface area contributed by atoms with Gasteiger partial charge in [0, 0.05) is 20.0 Å². The minimum atomic E-state index is -0.627. The second-order valence-electron chi connectivity index (χ2n) is 6.06. The number of aryl methyl sites for hydroxylation is 1. The molecule has 0 unspecified atom stereocenters. The van der Waals surface area contributed by atoms with Crippen LogP contribution in [0.25, 0.3) is 0 Å². The average Bonchev–Trinajstić information content (AvgIpc) is 3.32. The molecule has 136 valence electrons. The number of β-amino-alcohol motifs (C(OH)–C–C–N with tert-alkyl or cyclic N) is 1. The molecule has 3 heterocycles. The molecular weight excluding hydrogens is 326 g/mol. The first-order valence-corrected chi connectivity index (χ1v) is 8.33. The highest BCUT2D eigenvalue weighted by Gasteiger charge is 2.37. The van der Waals surface area contributed by atoms with E-state index in [9.17, 15) is 9.90 Å². The van der Waals surface area contributed by atoms with Gasteiger partial charge < -0.3 is 24.2 Å². The monoisotopic (exact) mass is 349 g/mol. The van der Waals surface area contributed by atoms with Crippen molar-refractivity contribution in [2.24, 2.45) is 0 Å². The van der Waals surface area contributed by atoms with Crippen molar-refractivity contribution in [1.29, 1.82) is 0 Å². The SMILES string of the molecule is CCN(Cc1nnc(C)o1)[C@@H]1CN(C(=O)NCc2ccco2)C[C@H]1O. The third kappa shape index (κ3) is 4.18. The molecule has 1 aliphatic rings. The normalized spacial score (nSPS) is 20.4. The van der Waals surface area contributed by atoms with Crippen molar-refractivity contribution in [3.8, 4) is 0 Å². The van der Waals surface area contributed by atoms with Gasteiger partial charge in [0.2, 0.25) is 11.8 Å². The third-order valence-electron chi connectivity index (χ3n) is 4.32. The lowest BCUT2D eigenvalue weighted by molar-refractivity contribution is 0.0760. The molecule has 0 bridgehead atoms. The molecule has 0 saturated carbocycles. The zero-order valence-electron chi connectivity index (χ0n) is 14.4. The molecule has 9 nitrogen and oxygen atoms in total. The smallest absolute Gasteiger partial charge is 0.317 e. The second kappa shape index (κ2) is 7.66. The predicted octanol–water partition coefficient (Wildman–Crippen LogP) is 0.748. The molecule has 1 aliphatic heterocycles. The van der Waals surface area contributed by atoms with Gasteiger partial charge in [-0.15, -0.1) is 10.2 Å². The summed E-state index contributed by atoms with van der Waals surface area (Å²) in [4.78, 5) is 16.0. The van der Waals surface area contributed by atoms with Crippen LogP contribution >= 0.6 is 0 Å². The molecule has 25 heavy (non-hydrogen) atoms. The van der Waals surface area contributed by atoms with E-state index in [1.165, 1.54) is 0 Å². The molecule has 9 heteroatoms. The van der Waals surface area contributed by atoms with E-state index in [4.69, 9.17) is 8.83 Å². The second-order valence-corrected chi connectivity index (χ2v) is 6.06. The van der Waals surface area contributed by atoms with Crippen LogP contribution in [-0.2, 0) is 13.1 Å². The number of amides is 2. The molecule has 1 fully saturated rings. The van der Waals surface area contributed by atoms with Gasteiger partial charge in [-0.3, -0.25) is 4.90 Å². The fourth-order valence-electron chi connectivity index (χ4n) is 3.02. The van der Waals surface area contributed by atoms with Gasteiger partial charge in [-0.05, 0) is 18.7 Å². The van der Waals surface area contributed by atoms with Crippen molar-refractivity contribution in [1.82, 2.24) is 25.3 Å². The van der Waals surface area contributed by atoms with Gasteiger partial charge in [-0.25, -0.2) is 4.79 Å². The highest BCUT2D eigenvalue weighted by Crippen LogP contribution is 2.19. The van der Waals surface area contributed by atoms with Crippen molar-refractivity contribution in [3.63, 3.8) is 0 Å². The van der Waals surface area contributed by atoms with E-state index < -0.39 is 6.10 Å². The number of hydrogen-bond acceptors (Lipinski definition) is 7. The van der Waals surface area contributed by atoms with Crippen molar-refractivity contribution in [3.05, 3.63) is 35.9 Å². The number of likely N-dealkylation sites (tertiary alicyclic amines) is 1. The van der Waals surface area contributed by atoms with Crippen LogP contribution in [-0.4, -0.2) is 62.9 Å². The number of furan rings is 1. The van der Waals surface area contributed by atoms with E-state index in [0.29, 0.717) is 43.7 Å². The summed E-state index contributed by atoms with van der Waals surface area (Å²) in [6.07, 6.45) is 0.938. The fourth-order valence-corrected chi connectivity index (χ4v) is 3.02. The number of rotatable bonds is 6. The maximum atomic E-state index is 12.3. The van der Waals surface area contributed by atoms with E-state index >= 15 is 0 Å². The van der Waals surface area contributed by atoms with E-state index in [1.807, 2.05) is 11.8 Å². The highest BCUT2D eigenvalue weighted by molar-refractivity contribution is 5.74. The van der Waals surface area contributed by atoms with Crippen LogP contribution < -0.4 is 5.32 Å². The van der Waals surface area contributed by atoms with Crippen LogP contribution in [0.5, 0.6) is 0 Å². The number of hydrogen-bond donors (Lipinski definition) is 2. The van der Waals surface area contributed by atoms with E-state index in [-0.39, 0.29) is 18.6 Å². The topological polar surface area (TPSA) is 108 Å². The molecule has 0 radical (unpaired) electrons. The zero-order chi connectivity index (χ0) is 17.8. The number of carbonyl (C=O) groups is 1. The van der Waals surface area contributed by atoms with Gasteiger partial charge in [0.15, 0.2) is 0 Å². The Morgan fingerprint density at radius 2 is 2.32 bits per heavy atom. The summed E-state index contributed by atoms with van der Waals surface area (Å²) in [6.45, 7) is 5.92. The maximum Gasteiger partial charge on any atom is 0.317 e. The Hall–Kier alpha value is -2.39. The zero-order valence-corrected chi connectivity index (χ0v) is 14.4. The number of carbonyl (C=O) groups excluding carboxylic acids is 1. The molecule has 2 aromatic heterocycles. The van der Waals surface area contributed by atoms with Crippen LogP contribution in [0.3, 0.4) is 0 Å². The van der Waals surface area contributed by atoms with Crippen molar-refractivity contribution in [2.45, 2.75) is 39.1 Å². The van der Waals surface area contributed by atoms with Gasteiger partial charge in [0.05, 0.1) is 31.5 Å². The Morgan fingerprint density at radius 1 is 1.48 bits per heavy atom. The Kier molecular flexibility index (Phi) is 5.34. The number of urea groups is 1. The number of aliphatic hydroxyl groups excluding tert-OH is 1. The van der Waals surface area contributed by atoms with Crippen molar-refractivity contribution in [2.75, 3.05) is 19.6 Å². The van der Waals surface area contributed by atoms with E-state index in [1.54, 1.807) is 30.2 Å². The molecule has 0 aliphatic carbocycles. The molecule has 2 atom stereocenters. The molecule has 0 aromatic carbocycles. The largest absolute Gasteiger partial charge is 0.467 e. The summed E-state index contributed by atoms with van der Waals surface area (Å²) in [5, 5.41) is 21.0. The Balaban J connectivity index is 1.56. The Morgan fingerprint density at radius 3 is 2.96 bits per heavy atom. The summed E-state index contributed by atoms with van der Waals surface area (Å²) in [6, 6.07) is 3.18. The fraction of sp³-hybridized carbons (Fsp3) is 0.562. The van der Waals surface area contributed by atoms with Crippen LogP contribution in [0.15, 0.2) is 27.2 Å². The summed E-state index contributed by atoms with van der Waals surface area (Å²) in [5.41, 5.74) is 0. The number of likely N-dealkylation sites (N-methyl/N-ethyl adjacent to an activating group) is 1. The summed E-state index contributed by atoms with van der Waals surface area (Å²) in [7, 11) is 0. The number of aromatic nitrogens is 2. The lowest BCUT2D eigenvalue weighted by atomic mass is 10.2. The van der Waals surface area contributed by atoms with E-state index in [2.05, 4.69) is 15.5 Å². The molecule has 2 N–H and O–H groups in total. The quantitative estimate of drug-likeness (QED) is 0.792. The van der Waals surface area contributed by atoms with Gasteiger partial charge in [0.25, 0.3) is 0 Å². The highest BCUT2D eigenvalue weighted by atomic mass is 16.4. The minimum absolute atomic E-state index is 0.174. The molecular formula is C16H23N5O4. The summed E-state index contributed by atoms with van der Waals surface area (Å²) < 4.78 is 10.6. The van der Waals surface area contributed by atoms with Crippen LogP contribution in [0.2, 0.25) is 0 Å². The standard InChI is InChI=1S/C16H23N5O4/c1-3-20(10-15-19-18-11(2)25-15)13-8-21(9-14(13)22)16(23)17-7-12-5-4-6-24-12/h4-6,13-14,22H,3,7-10H2,1-2H3,(H,17,23)/t13-,14-/m1/s1. The number of nitrogens with zero attached hydrogens (tertiary/aromatic N) is 4. The van der Waals surface area contributed by atoms with Crippen molar-refractivity contribution >= 4 is 6.03 Å². The predicted molar refractivity (Wildman–Crippen MR) is 87.4 cm³/mol. The van der Waals surface area contributed by atoms with E-state index in [0.717, 1.165) is 0 Å². The Bertz CT molecular complexity index is 687. The third-order valence-corrected chi connectivity index (χ3v) is 4.32. The van der Waals surface area contributed by atoms with Crippen LogP contribution in [0, 0.1) is 6.92 Å². The lowest BCUT2D eigenvalue weighted by Gasteiger charge is -2.27. The van der Waals surface area contributed by atoms with Gasteiger partial charge in [0.1, 0.15) is 5.76 Å². The van der Waals surface area contributed by atoms with Crippen molar-refractivity contribution < 1.29 is 18.7 Å². The summed E-state index contributed by atoms with van der Waals surface area (Å²) >= 11 is 0. The first-order valence-electron chi connectivity index (χ1n) is 8.33. The summed E-state index contributed by atoms with van der Waals surface area (Å²) in [5.74, 6) is 1.70. The first kappa shape index (κ1) is 17.4. The van der Waals surface area contributed by atoms with Crippen LogP contribution in [0.4, 0.5) is 4.79 Å². The average molecular weight is 349 g/mol. The van der Waals surface area contributed by atoms with Crippen LogP contribution in [0.1, 0.15) is 24.5 Å². The maximum absolute atomic E-state index is 12.3. The molecule has 2 amide bonds. The molecule has 2 aromatic rings. The number of aliphatic hydroxyl groups is 1. The number of nitrogens with one attached hydrogen (secondary N) is 1. The molecule has 1 saturated heterocycles. The molecule has 3 rings (SSSR count). The lowest BCUT2D eigenvalue weighted by Crippen LogP contribution is -2.43. The first-order chi connectivity index (χ1) is 12.1. The van der Waals surface area contributed by atoms with Gasteiger partial charge in [-0.2, -0.15) is 0 Å². The molecule has 0 spiro atoms. The minimum Gasteiger partial charge on any atom is -0.467 e. The van der Waals surface area contributed by atoms with Gasteiger partial charge in [-0.1, -0.05) is 6.92 Å². The Labute approximate surface area is 145 Å².